The molecular formula is C16H10Cl2N2O2. The lowest BCUT2D eigenvalue weighted by Crippen LogP contribution is -2.27. The Labute approximate surface area is 137 Å². The number of hydrogen-bond donors (Lipinski definition) is 1. The second-order valence-electron chi connectivity index (χ2n) is 4.41. The highest BCUT2D eigenvalue weighted by Crippen LogP contribution is 2.25. The van der Waals surface area contributed by atoms with Crippen molar-refractivity contribution in [3.05, 3.63) is 64.1 Å². The van der Waals surface area contributed by atoms with Gasteiger partial charge < -0.3 is 5.32 Å². The quantitative estimate of drug-likeness (QED) is 0.865. The third kappa shape index (κ3) is 3.64. The van der Waals surface area contributed by atoms with Gasteiger partial charge in [-0.1, -0.05) is 41.4 Å². The number of carbonyl (C=O) groups is 2. The predicted molar refractivity (Wildman–Crippen MR) is 84.9 cm³/mol. The molecule has 0 heterocycles. The Kier molecular flexibility index (Phi) is 5.16. The smallest absolute Gasteiger partial charge is 0.293 e. The van der Waals surface area contributed by atoms with Gasteiger partial charge in [0.1, 0.15) is 5.92 Å². The Hall–Kier alpha value is -2.35. The molecule has 0 aliphatic heterocycles. The number of carbonyl (C=O) groups excluding carboxylic acids is 2. The molecule has 0 saturated heterocycles. The highest BCUT2D eigenvalue weighted by atomic mass is 35.5. The zero-order valence-electron chi connectivity index (χ0n) is 11.2. The van der Waals surface area contributed by atoms with Crippen molar-refractivity contribution in [2.24, 2.45) is 0 Å². The highest BCUT2D eigenvalue weighted by Gasteiger charge is 2.28. The summed E-state index contributed by atoms with van der Waals surface area (Å²) in [5, 5.41) is 12.4. The maximum absolute atomic E-state index is 12.2. The first-order chi connectivity index (χ1) is 10.5. The second kappa shape index (κ2) is 7.08. The van der Waals surface area contributed by atoms with Gasteiger partial charge in [-0.05, 0) is 35.9 Å². The molecule has 2 aromatic carbocycles. The Morgan fingerprint density at radius 1 is 1.05 bits per heavy atom. The fraction of sp³-hybridized carbons (Fsp3) is 0.0625. The SMILES string of the molecule is N#C[C@@H](C(=O)C(=O)Nc1ccc(Cl)cc1)c1ccccc1Cl. The molecule has 6 heteroatoms. The molecule has 110 valence electrons. The molecule has 1 amide bonds. The molecule has 1 atom stereocenters. The van der Waals surface area contributed by atoms with Gasteiger partial charge in [0.2, 0.25) is 5.78 Å². The lowest BCUT2D eigenvalue weighted by atomic mass is 9.95. The van der Waals surface area contributed by atoms with Gasteiger partial charge in [0.15, 0.2) is 0 Å². The number of rotatable bonds is 4. The van der Waals surface area contributed by atoms with Crippen molar-refractivity contribution in [3.63, 3.8) is 0 Å². The van der Waals surface area contributed by atoms with E-state index in [-0.39, 0.29) is 5.02 Å². The average Bonchev–Trinajstić information content (AvgIpc) is 2.52. The number of ketones is 1. The van der Waals surface area contributed by atoms with Crippen molar-refractivity contribution in [1.82, 2.24) is 0 Å². The largest absolute Gasteiger partial charge is 0.319 e. The highest BCUT2D eigenvalue weighted by molar-refractivity contribution is 6.43. The van der Waals surface area contributed by atoms with Crippen molar-refractivity contribution in [3.8, 4) is 6.07 Å². The molecular weight excluding hydrogens is 323 g/mol. The topological polar surface area (TPSA) is 70.0 Å². The second-order valence-corrected chi connectivity index (χ2v) is 5.25. The molecule has 0 aromatic heterocycles. The summed E-state index contributed by atoms with van der Waals surface area (Å²) in [6.45, 7) is 0. The molecule has 0 radical (unpaired) electrons. The monoisotopic (exact) mass is 332 g/mol. The lowest BCUT2D eigenvalue weighted by Gasteiger charge is -2.10. The molecule has 2 rings (SSSR count). The summed E-state index contributed by atoms with van der Waals surface area (Å²) in [5.74, 6) is -3.00. The Morgan fingerprint density at radius 2 is 1.68 bits per heavy atom. The van der Waals surface area contributed by atoms with E-state index in [4.69, 9.17) is 23.2 Å². The number of nitrogens with one attached hydrogen (secondary N) is 1. The van der Waals surface area contributed by atoms with E-state index in [1.54, 1.807) is 48.5 Å². The Balaban J connectivity index is 2.18. The number of Topliss-reactive ketones (excluding diaryl/α,β-unsaturated/α-hetero) is 1. The molecule has 1 N–H and O–H groups in total. The summed E-state index contributed by atoms with van der Waals surface area (Å²) in [4.78, 5) is 24.2. The zero-order chi connectivity index (χ0) is 16.1. The van der Waals surface area contributed by atoms with E-state index in [2.05, 4.69) is 5.32 Å². The van der Waals surface area contributed by atoms with Gasteiger partial charge in [0.05, 0.1) is 6.07 Å². The van der Waals surface area contributed by atoms with E-state index in [1.807, 2.05) is 6.07 Å². The van der Waals surface area contributed by atoms with Gasteiger partial charge in [-0.25, -0.2) is 0 Å². The number of hydrogen-bond acceptors (Lipinski definition) is 3. The molecule has 0 fully saturated rings. The minimum atomic E-state index is -1.25. The maximum Gasteiger partial charge on any atom is 0.293 e. The van der Waals surface area contributed by atoms with E-state index in [0.717, 1.165) is 0 Å². The average molecular weight is 333 g/mol. The predicted octanol–water partition coefficient (Wildman–Crippen LogP) is 3.81. The summed E-state index contributed by atoms with van der Waals surface area (Å²) in [5.41, 5.74) is 0.724. The van der Waals surface area contributed by atoms with Crippen molar-refractivity contribution in [2.45, 2.75) is 5.92 Å². The zero-order valence-corrected chi connectivity index (χ0v) is 12.7. The molecule has 0 saturated carbocycles. The van der Waals surface area contributed by atoms with E-state index < -0.39 is 17.6 Å². The minimum Gasteiger partial charge on any atom is -0.319 e. The number of nitriles is 1. The minimum absolute atomic E-state index is 0.265. The van der Waals surface area contributed by atoms with Crippen LogP contribution in [0.5, 0.6) is 0 Å². The van der Waals surface area contributed by atoms with Crippen molar-refractivity contribution < 1.29 is 9.59 Å². The van der Waals surface area contributed by atoms with Gasteiger partial charge >= 0.3 is 0 Å². The first kappa shape index (κ1) is 16.0. The number of nitrogens with zero attached hydrogens (tertiary/aromatic N) is 1. The van der Waals surface area contributed by atoms with E-state index in [1.165, 1.54) is 0 Å². The fourth-order valence-electron chi connectivity index (χ4n) is 1.84. The maximum atomic E-state index is 12.2. The van der Waals surface area contributed by atoms with Crippen LogP contribution in [0, 0.1) is 11.3 Å². The standard InChI is InChI=1S/C16H10Cl2N2O2/c17-10-5-7-11(8-6-10)20-16(22)15(21)13(9-19)12-3-1-2-4-14(12)18/h1-8,13H,(H,20,22)/t13-/m1/s1. The van der Waals surface area contributed by atoms with Crippen LogP contribution in [-0.4, -0.2) is 11.7 Å². The van der Waals surface area contributed by atoms with E-state index in [0.29, 0.717) is 16.3 Å². The van der Waals surface area contributed by atoms with Gasteiger partial charge in [0, 0.05) is 15.7 Å². The van der Waals surface area contributed by atoms with Gasteiger partial charge in [-0.15, -0.1) is 0 Å². The van der Waals surface area contributed by atoms with Crippen molar-refractivity contribution in [2.75, 3.05) is 5.32 Å². The fourth-order valence-corrected chi connectivity index (χ4v) is 2.21. The van der Waals surface area contributed by atoms with Gasteiger partial charge in [-0.3, -0.25) is 9.59 Å². The number of benzene rings is 2. The molecule has 0 unspecified atom stereocenters. The van der Waals surface area contributed by atoms with Crippen LogP contribution >= 0.6 is 23.2 Å². The van der Waals surface area contributed by atoms with Crippen LogP contribution in [0.1, 0.15) is 11.5 Å². The summed E-state index contributed by atoms with van der Waals surface area (Å²) in [6.07, 6.45) is 0. The molecule has 0 spiro atoms. The Bertz CT molecular complexity index is 751. The first-order valence-electron chi connectivity index (χ1n) is 6.27. The normalized spacial score (nSPS) is 11.3. The molecule has 0 aliphatic carbocycles. The number of halogens is 2. The molecule has 0 aliphatic rings. The summed E-state index contributed by atoms with van der Waals surface area (Å²) in [7, 11) is 0. The van der Waals surface area contributed by atoms with Crippen LogP contribution in [0.25, 0.3) is 0 Å². The molecule has 22 heavy (non-hydrogen) atoms. The number of amides is 1. The van der Waals surface area contributed by atoms with Crippen LogP contribution in [-0.2, 0) is 9.59 Å². The molecule has 4 nitrogen and oxygen atoms in total. The van der Waals surface area contributed by atoms with Crippen LogP contribution in [0.2, 0.25) is 10.0 Å². The van der Waals surface area contributed by atoms with Crippen molar-refractivity contribution in [1.29, 1.82) is 5.26 Å². The lowest BCUT2D eigenvalue weighted by molar-refractivity contribution is -0.135. The number of anilines is 1. The Morgan fingerprint density at radius 3 is 2.27 bits per heavy atom. The van der Waals surface area contributed by atoms with Gasteiger partial charge in [0.25, 0.3) is 5.91 Å². The molecule has 0 bridgehead atoms. The molecule has 2 aromatic rings. The summed E-state index contributed by atoms with van der Waals surface area (Å²) < 4.78 is 0. The van der Waals surface area contributed by atoms with Crippen LogP contribution in [0.4, 0.5) is 5.69 Å². The summed E-state index contributed by atoms with van der Waals surface area (Å²) in [6, 6.07) is 14.5. The van der Waals surface area contributed by atoms with E-state index in [9.17, 15) is 14.9 Å². The third-order valence-electron chi connectivity index (χ3n) is 2.93. The summed E-state index contributed by atoms with van der Waals surface area (Å²) >= 11 is 11.7. The van der Waals surface area contributed by atoms with E-state index >= 15 is 0 Å². The third-order valence-corrected chi connectivity index (χ3v) is 3.53. The van der Waals surface area contributed by atoms with Crippen molar-refractivity contribution >= 4 is 40.6 Å². The van der Waals surface area contributed by atoms with Crippen LogP contribution < -0.4 is 5.32 Å². The van der Waals surface area contributed by atoms with Gasteiger partial charge in [-0.2, -0.15) is 5.26 Å². The van der Waals surface area contributed by atoms with Crippen LogP contribution in [0.3, 0.4) is 0 Å². The first-order valence-corrected chi connectivity index (χ1v) is 7.03. The van der Waals surface area contributed by atoms with Crippen LogP contribution in [0.15, 0.2) is 48.5 Å².